The maximum Gasteiger partial charge on any atom is 0.254 e. The Morgan fingerprint density at radius 2 is 1.64 bits per heavy atom. The van der Waals surface area contributed by atoms with Crippen LogP contribution in [0.5, 0.6) is 0 Å². The molecular formula is C24H22N2O2. The van der Waals surface area contributed by atoms with Gasteiger partial charge in [0, 0.05) is 18.7 Å². The molecule has 1 saturated heterocycles. The summed E-state index contributed by atoms with van der Waals surface area (Å²) in [6.45, 7) is 2.92. The highest BCUT2D eigenvalue weighted by Crippen LogP contribution is 2.28. The van der Waals surface area contributed by atoms with E-state index in [1.165, 1.54) is 0 Å². The smallest absolute Gasteiger partial charge is 0.254 e. The molecule has 0 radical (unpaired) electrons. The number of nitrogens with one attached hydrogen (secondary N) is 1. The van der Waals surface area contributed by atoms with E-state index in [9.17, 15) is 9.59 Å². The van der Waals surface area contributed by atoms with Gasteiger partial charge in [-0.2, -0.15) is 0 Å². The maximum absolute atomic E-state index is 13.4. The van der Waals surface area contributed by atoms with Crippen molar-refractivity contribution in [3.05, 3.63) is 95.6 Å². The van der Waals surface area contributed by atoms with E-state index in [2.05, 4.69) is 5.32 Å². The number of rotatable bonds is 3. The van der Waals surface area contributed by atoms with Gasteiger partial charge in [-0.15, -0.1) is 0 Å². The van der Waals surface area contributed by atoms with Gasteiger partial charge in [-0.05, 0) is 41.3 Å². The van der Waals surface area contributed by atoms with Gasteiger partial charge in [-0.3, -0.25) is 9.59 Å². The van der Waals surface area contributed by atoms with Gasteiger partial charge >= 0.3 is 0 Å². The Balaban J connectivity index is 1.70. The summed E-state index contributed by atoms with van der Waals surface area (Å²) in [5, 5.41) is 2.90. The van der Waals surface area contributed by atoms with Crippen LogP contribution in [0, 0.1) is 6.92 Å². The summed E-state index contributed by atoms with van der Waals surface area (Å²) in [6, 6.07) is 24.7. The molecule has 1 atom stereocenters. The van der Waals surface area contributed by atoms with Gasteiger partial charge in [0.15, 0.2) is 0 Å². The van der Waals surface area contributed by atoms with Crippen LogP contribution in [-0.2, 0) is 4.79 Å². The van der Waals surface area contributed by atoms with Crippen LogP contribution in [0.3, 0.4) is 0 Å². The molecule has 3 aromatic carbocycles. The van der Waals surface area contributed by atoms with Crippen molar-refractivity contribution in [3.8, 4) is 11.1 Å². The third-order valence-electron chi connectivity index (χ3n) is 5.17. The van der Waals surface area contributed by atoms with Crippen LogP contribution in [0.2, 0.25) is 0 Å². The second-order valence-corrected chi connectivity index (χ2v) is 7.00. The van der Waals surface area contributed by atoms with Crippen LogP contribution in [-0.4, -0.2) is 29.8 Å². The normalized spacial score (nSPS) is 16.5. The van der Waals surface area contributed by atoms with Crippen LogP contribution in [0.15, 0.2) is 78.9 Å². The molecule has 0 spiro atoms. The van der Waals surface area contributed by atoms with Gasteiger partial charge in [0.2, 0.25) is 5.91 Å². The number of benzene rings is 3. The minimum absolute atomic E-state index is 0.124. The fourth-order valence-electron chi connectivity index (χ4n) is 3.72. The molecule has 0 aliphatic carbocycles. The zero-order valence-electron chi connectivity index (χ0n) is 15.8. The average Bonchev–Trinajstić information content (AvgIpc) is 2.74. The summed E-state index contributed by atoms with van der Waals surface area (Å²) in [5.74, 6) is -0.256. The Labute approximate surface area is 164 Å². The molecule has 4 nitrogen and oxygen atoms in total. The summed E-state index contributed by atoms with van der Waals surface area (Å²) in [6.07, 6.45) is 0. The summed E-state index contributed by atoms with van der Waals surface area (Å²) in [4.78, 5) is 27.7. The van der Waals surface area contributed by atoms with Crippen molar-refractivity contribution in [1.82, 2.24) is 10.2 Å². The molecule has 0 bridgehead atoms. The fraction of sp³-hybridized carbons (Fsp3) is 0.167. The van der Waals surface area contributed by atoms with E-state index in [1.807, 2.05) is 85.8 Å². The number of carbonyl (C=O) groups is 2. The van der Waals surface area contributed by atoms with Crippen LogP contribution < -0.4 is 5.32 Å². The van der Waals surface area contributed by atoms with Gasteiger partial charge in [-0.25, -0.2) is 0 Å². The first-order valence-electron chi connectivity index (χ1n) is 9.45. The van der Waals surface area contributed by atoms with Gasteiger partial charge in [0.25, 0.3) is 5.91 Å². The van der Waals surface area contributed by atoms with Crippen LogP contribution >= 0.6 is 0 Å². The maximum atomic E-state index is 13.4. The molecule has 0 saturated carbocycles. The Morgan fingerprint density at radius 1 is 0.929 bits per heavy atom. The molecule has 1 unspecified atom stereocenters. The molecule has 4 heteroatoms. The predicted molar refractivity (Wildman–Crippen MR) is 110 cm³/mol. The van der Waals surface area contributed by atoms with Crippen molar-refractivity contribution in [2.75, 3.05) is 13.1 Å². The standard InChI is InChI=1S/C24H22N2O2/c1-17-8-5-6-13-21(17)22-23(27)25-14-15-26(22)24(28)20-12-7-11-19(16-20)18-9-3-2-4-10-18/h2-13,16,22H,14-15H2,1H3,(H,25,27). The first-order valence-corrected chi connectivity index (χ1v) is 9.45. The highest BCUT2D eigenvalue weighted by molar-refractivity contribution is 5.99. The van der Waals surface area contributed by atoms with E-state index in [-0.39, 0.29) is 11.8 Å². The Morgan fingerprint density at radius 3 is 2.43 bits per heavy atom. The SMILES string of the molecule is Cc1ccccc1C1C(=O)NCCN1C(=O)c1cccc(-c2ccccc2)c1. The molecule has 1 aliphatic heterocycles. The number of aryl methyl sites for hydroxylation is 1. The molecule has 1 N–H and O–H groups in total. The summed E-state index contributed by atoms with van der Waals surface area (Å²) < 4.78 is 0. The third kappa shape index (κ3) is 3.41. The van der Waals surface area contributed by atoms with Crippen molar-refractivity contribution in [3.63, 3.8) is 0 Å². The van der Waals surface area contributed by atoms with Crippen molar-refractivity contribution in [2.24, 2.45) is 0 Å². The van der Waals surface area contributed by atoms with Crippen LogP contribution in [0.25, 0.3) is 11.1 Å². The topological polar surface area (TPSA) is 49.4 Å². The van der Waals surface area contributed by atoms with Gasteiger partial charge < -0.3 is 10.2 Å². The van der Waals surface area contributed by atoms with E-state index in [4.69, 9.17) is 0 Å². The first kappa shape index (κ1) is 18.0. The molecule has 3 aromatic rings. The average molecular weight is 370 g/mol. The quantitative estimate of drug-likeness (QED) is 0.758. The summed E-state index contributed by atoms with van der Waals surface area (Å²) in [5.41, 5.74) is 4.51. The Hall–Kier alpha value is -3.40. The highest BCUT2D eigenvalue weighted by Gasteiger charge is 2.35. The molecule has 2 amide bonds. The number of carbonyl (C=O) groups excluding carboxylic acids is 2. The van der Waals surface area contributed by atoms with Crippen molar-refractivity contribution < 1.29 is 9.59 Å². The number of hydrogen-bond donors (Lipinski definition) is 1. The van der Waals surface area contributed by atoms with E-state index < -0.39 is 6.04 Å². The fourth-order valence-corrected chi connectivity index (χ4v) is 3.72. The molecule has 1 fully saturated rings. The van der Waals surface area contributed by atoms with Gasteiger partial charge in [-0.1, -0.05) is 66.7 Å². The zero-order valence-corrected chi connectivity index (χ0v) is 15.8. The molecule has 140 valence electrons. The lowest BCUT2D eigenvalue weighted by Gasteiger charge is -2.36. The second-order valence-electron chi connectivity index (χ2n) is 7.00. The van der Waals surface area contributed by atoms with E-state index in [0.29, 0.717) is 18.7 Å². The Kier molecular flexibility index (Phi) is 4.94. The van der Waals surface area contributed by atoms with Crippen molar-refractivity contribution in [2.45, 2.75) is 13.0 Å². The van der Waals surface area contributed by atoms with Gasteiger partial charge in [0.05, 0.1) is 0 Å². The second kappa shape index (κ2) is 7.69. The lowest BCUT2D eigenvalue weighted by molar-refractivity contribution is -0.128. The summed E-state index contributed by atoms with van der Waals surface area (Å²) >= 11 is 0. The minimum Gasteiger partial charge on any atom is -0.352 e. The molecule has 4 rings (SSSR count). The number of piperazine rings is 1. The van der Waals surface area contributed by atoms with E-state index >= 15 is 0 Å². The lowest BCUT2D eigenvalue weighted by Crippen LogP contribution is -2.52. The Bertz CT molecular complexity index is 1010. The molecule has 0 aromatic heterocycles. The van der Waals surface area contributed by atoms with Crippen molar-refractivity contribution >= 4 is 11.8 Å². The predicted octanol–water partition coefficient (Wildman–Crippen LogP) is 3.98. The first-order chi connectivity index (χ1) is 13.6. The molecule has 1 aliphatic rings. The molecule has 1 heterocycles. The molecular weight excluding hydrogens is 348 g/mol. The van der Waals surface area contributed by atoms with Gasteiger partial charge in [0.1, 0.15) is 6.04 Å². The minimum atomic E-state index is -0.608. The van der Waals surface area contributed by atoms with E-state index in [0.717, 1.165) is 22.3 Å². The lowest BCUT2D eigenvalue weighted by atomic mass is 9.96. The van der Waals surface area contributed by atoms with Crippen molar-refractivity contribution in [1.29, 1.82) is 0 Å². The van der Waals surface area contributed by atoms with Crippen LogP contribution in [0.4, 0.5) is 0 Å². The summed E-state index contributed by atoms with van der Waals surface area (Å²) in [7, 11) is 0. The van der Waals surface area contributed by atoms with Crippen LogP contribution in [0.1, 0.15) is 27.5 Å². The van der Waals surface area contributed by atoms with E-state index in [1.54, 1.807) is 4.90 Å². The zero-order chi connectivity index (χ0) is 19.5. The number of hydrogen-bond acceptors (Lipinski definition) is 2. The highest BCUT2D eigenvalue weighted by atomic mass is 16.2. The number of nitrogens with zero attached hydrogens (tertiary/aromatic N) is 1. The number of amides is 2. The molecule has 28 heavy (non-hydrogen) atoms. The monoisotopic (exact) mass is 370 g/mol. The largest absolute Gasteiger partial charge is 0.352 e. The third-order valence-corrected chi connectivity index (χ3v) is 5.17.